The number of pyridine rings is 1. The maximum atomic E-state index is 13.8. The van der Waals surface area contributed by atoms with Gasteiger partial charge in [-0.2, -0.15) is 15.0 Å². The Hall–Kier alpha value is -2.93. The molecule has 1 aliphatic heterocycles. The average Bonchev–Trinajstić information content (AvgIpc) is 3.29. The van der Waals surface area contributed by atoms with E-state index in [2.05, 4.69) is 20.5 Å². The van der Waals surface area contributed by atoms with Gasteiger partial charge >= 0.3 is 0 Å². The first-order chi connectivity index (χ1) is 15.0. The lowest BCUT2D eigenvalue weighted by atomic mass is 9.87. The van der Waals surface area contributed by atoms with Crippen LogP contribution in [0.2, 0.25) is 5.02 Å². The molecule has 1 saturated heterocycles. The minimum atomic E-state index is 0.0300. The molecular formula is C23H25ClN6O. The van der Waals surface area contributed by atoms with Crippen LogP contribution in [0.1, 0.15) is 41.6 Å². The summed E-state index contributed by atoms with van der Waals surface area (Å²) in [7, 11) is 0. The smallest absolute Gasteiger partial charge is 0.256 e. The normalized spacial score (nSPS) is 19.4. The highest BCUT2D eigenvalue weighted by Gasteiger charge is 2.49. The number of aromatic nitrogens is 4. The lowest BCUT2D eigenvalue weighted by molar-refractivity contribution is 0.0545. The summed E-state index contributed by atoms with van der Waals surface area (Å²) in [5.41, 5.74) is 2.79. The van der Waals surface area contributed by atoms with Crippen molar-refractivity contribution < 1.29 is 4.79 Å². The van der Waals surface area contributed by atoms with E-state index in [1.54, 1.807) is 18.6 Å². The van der Waals surface area contributed by atoms with Crippen molar-refractivity contribution in [3.63, 3.8) is 0 Å². The number of benzene rings is 1. The summed E-state index contributed by atoms with van der Waals surface area (Å²) in [6.45, 7) is 3.42. The molecule has 1 spiro atoms. The fourth-order valence-corrected chi connectivity index (χ4v) is 4.64. The molecule has 0 radical (unpaired) electrons. The third-order valence-electron chi connectivity index (χ3n) is 6.47. The van der Waals surface area contributed by atoms with Gasteiger partial charge in [0.1, 0.15) is 5.82 Å². The molecule has 2 aromatic heterocycles. The first kappa shape index (κ1) is 20.0. The highest BCUT2D eigenvalue weighted by Crippen LogP contribution is 2.55. The van der Waals surface area contributed by atoms with Crippen LogP contribution in [0.4, 0.5) is 5.82 Å². The Bertz CT molecular complexity index is 1080. The molecule has 1 aliphatic carbocycles. The van der Waals surface area contributed by atoms with Crippen LogP contribution in [0, 0.1) is 12.3 Å². The van der Waals surface area contributed by atoms with Gasteiger partial charge in [-0.15, -0.1) is 0 Å². The lowest BCUT2D eigenvalue weighted by Gasteiger charge is -2.40. The second-order valence-corrected chi connectivity index (χ2v) is 9.12. The van der Waals surface area contributed by atoms with Gasteiger partial charge in [0, 0.05) is 25.3 Å². The van der Waals surface area contributed by atoms with E-state index in [4.69, 9.17) is 11.6 Å². The van der Waals surface area contributed by atoms with E-state index in [0.29, 0.717) is 28.2 Å². The number of nitrogens with one attached hydrogen (secondary N) is 1. The molecular weight excluding hydrogens is 412 g/mol. The summed E-state index contributed by atoms with van der Waals surface area (Å²) in [4.78, 5) is 21.6. The SMILES string of the molecule is Cc1ccc(-n2nccn2)c(C(=O)N2CCC3(CC3)C[C@H]2CNc2ccc(Cl)cn2)c1. The van der Waals surface area contributed by atoms with Gasteiger partial charge < -0.3 is 10.2 Å². The minimum absolute atomic E-state index is 0.0300. The summed E-state index contributed by atoms with van der Waals surface area (Å²) < 4.78 is 0. The van der Waals surface area contributed by atoms with Crippen LogP contribution in [0.3, 0.4) is 0 Å². The number of rotatable bonds is 5. The number of aryl methyl sites for hydroxylation is 1. The average molecular weight is 437 g/mol. The van der Waals surface area contributed by atoms with E-state index in [1.807, 2.05) is 42.2 Å². The van der Waals surface area contributed by atoms with E-state index in [0.717, 1.165) is 30.8 Å². The molecule has 1 amide bonds. The molecule has 1 saturated carbocycles. The van der Waals surface area contributed by atoms with Crippen LogP contribution >= 0.6 is 11.6 Å². The third kappa shape index (κ3) is 4.14. The Balaban J connectivity index is 1.41. The van der Waals surface area contributed by atoms with Gasteiger partial charge in [-0.05, 0) is 62.3 Å². The molecule has 160 valence electrons. The van der Waals surface area contributed by atoms with Crippen LogP contribution in [-0.2, 0) is 0 Å². The number of amides is 1. The fourth-order valence-electron chi connectivity index (χ4n) is 4.53. The molecule has 2 fully saturated rings. The summed E-state index contributed by atoms with van der Waals surface area (Å²) in [5, 5.41) is 12.5. The first-order valence-corrected chi connectivity index (χ1v) is 11.0. The number of nitrogens with zero attached hydrogens (tertiary/aromatic N) is 5. The predicted octanol–water partition coefficient (Wildman–Crippen LogP) is 4.12. The van der Waals surface area contributed by atoms with Crippen LogP contribution < -0.4 is 5.32 Å². The van der Waals surface area contributed by atoms with Crippen molar-refractivity contribution in [3.05, 3.63) is 65.1 Å². The predicted molar refractivity (Wildman–Crippen MR) is 120 cm³/mol. The number of hydrogen-bond donors (Lipinski definition) is 1. The number of anilines is 1. The van der Waals surface area contributed by atoms with Crippen LogP contribution in [0.5, 0.6) is 0 Å². The van der Waals surface area contributed by atoms with E-state index >= 15 is 0 Å². The highest BCUT2D eigenvalue weighted by atomic mass is 35.5. The number of carbonyl (C=O) groups is 1. The Morgan fingerprint density at radius 2 is 2.00 bits per heavy atom. The van der Waals surface area contributed by atoms with Gasteiger partial charge in [-0.3, -0.25) is 4.79 Å². The zero-order valence-electron chi connectivity index (χ0n) is 17.5. The standard InChI is InChI=1S/C23H25ClN6O/c1-16-2-4-20(30-27-9-10-28-30)19(12-16)22(31)29-11-8-23(6-7-23)13-18(29)15-26-21-5-3-17(24)14-25-21/h2-5,9-10,12,14,18H,6-8,11,13,15H2,1H3,(H,25,26)/t18-/m0/s1. The summed E-state index contributed by atoms with van der Waals surface area (Å²) >= 11 is 5.95. The number of hydrogen-bond acceptors (Lipinski definition) is 5. The largest absolute Gasteiger partial charge is 0.368 e. The van der Waals surface area contributed by atoms with Crippen molar-refractivity contribution in [1.29, 1.82) is 0 Å². The molecule has 2 aliphatic rings. The Labute approximate surface area is 186 Å². The molecule has 1 atom stereocenters. The maximum Gasteiger partial charge on any atom is 0.256 e. The summed E-state index contributed by atoms with van der Waals surface area (Å²) in [5.74, 6) is 0.798. The monoisotopic (exact) mass is 436 g/mol. The Kier molecular flexibility index (Phi) is 5.14. The fraction of sp³-hybridized carbons (Fsp3) is 0.391. The van der Waals surface area contributed by atoms with Gasteiger partial charge in [0.2, 0.25) is 0 Å². The van der Waals surface area contributed by atoms with Gasteiger partial charge in [0.15, 0.2) is 0 Å². The van der Waals surface area contributed by atoms with Crippen molar-refractivity contribution in [3.8, 4) is 5.69 Å². The molecule has 0 unspecified atom stereocenters. The second-order valence-electron chi connectivity index (χ2n) is 8.69. The van der Waals surface area contributed by atoms with E-state index < -0.39 is 0 Å². The lowest BCUT2D eigenvalue weighted by Crippen LogP contribution is -2.50. The van der Waals surface area contributed by atoms with E-state index in [9.17, 15) is 4.79 Å². The van der Waals surface area contributed by atoms with Crippen LogP contribution in [-0.4, -0.2) is 49.9 Å². The van der Waals surface area contributed by atoms with Crippen LogP contribution in [0.15, 0.2) is 48.9 Å². The van der Waals surface area contributed by atoms with Crippen molar-refractivity contribution >= 4 is 23.3 Å². The van der Waals surface area contributed by atoms with Gasteiger partial charge in [-0.1, -0.05) is 23.2 Å². The minimum Gasteiger partial charge on any atom is -0.368 e. The number of halogens is 1. The summed E-state index contributed by atoms with van der Waals surface area (Å²) in [6.07, 6.45) is 9.48. The van der Waals surface area contributed by atoms with Gasteiger partial charge in [0.25, 0.3) is 5.91 Å². The van der Waals surface area contributed by atoms with Crippen molar-refractivity contribution in [2.75, 3.05) is 18.4 Å². The molecule has 31 heavy (non-hydrogen) atoms. The Morgan fingerprint density at radius 3 is 2.71 bits per heavy atom. The zero-order chi connectivity index (χ0) is 21.4. The number of likely N-dealkylation sites (tertiary alicyclic amines) is 1. The molecule has 5 rings (SSSR count). The maximum absolute atomic E-state index is 13.8. The van der Waals surface area contributed by atoms with E-state index in [1.165, 1.54) is 17.6 Å². The molecule has 1 aromatic carbocycles. The topological polar surface area (TPSA) is 75.9 Å². The van der Waals surface area contributed by atoms with E-state index in [-0.39, 0.29) is 11.9 Å². The van der Waals surface area contributed by atoms with Gasteiger partial charge in [0.05, 0.1) is 28.7 Å². The van der Waals surface area contributed by atoms with Gasteiger partial charge in [-0.25, -0.2) is 4.98 Å². The van der Waals surface area contributed by atoms with Crippen molar-refractivity contribution in [2.24, 2.45) is 5.41 Å². The molecule has 3 aromatic rings. The van der Waals surface area contributed by atoms with Crippen LogP contribution in [0.25, 0.3) is 5.69 Å². The number of carbonyl (C=O) groups excluding carboxylic acids is 1. The third-order valence-corrected chi connectivity index (χ3v) is 6.70. The molecule has 0 bridgehead atoms. The first-order valence-electron chi connectivity index (χ1n) is 10.7. The Morgan fingerprint density at radius 1 is 1.19 bits per heavy atom. The molecule has 1 N–H and O–H groups in total. The second kappa shape index (κ2) is 7.96. The zero-order valence-corrected chi connectivity index (χ0v) is 18.2. The van der Waals surface area contributed by atoms with Crippen molar-refractivity contribution in [2.45, 2.75) is 38.6 Å². The van der Waals surface area contributed by atoms with Crippen molar-refractivity contribution in [1.82, 2.24) is 24.9 Å². The number of piperidine rings is 1. The molecule has 7 nitrogen and oxygen atoms in total. The highest BCUT2D eigenvalue weighted by molar-refractivity contribution is 6.30. The summed E-state index contributed by atoms with van der Waals surface area (Å²) in [6, 6.07) is 9.62. The molecule has 8 heteroatoms. The quantitative estimate of drug-likeness (QED) is 0.651. The molecule has 3 heterocycles.